The summed E-state index contributed by atoms with van der Waals surface area (Å²) in [6.45, 7) is 2.11. The molecule has 98 valence electrons. The highest BCUT2D eigenvalue weighted by Crippen LogP contribution is 2.36. The number of nitrogens with two attached hydrogens (primary N) is 1. The summed E-state index contributed by atoms with van der Waals surface area (Å²) < 4.78 is 0. The van der Waals surface area contributed by atoms with Gasteiger partial charge in [-0.15, -0.1) is 0 Å². The van der Waals surface area contributed by atoms with Gasteiger partial charge in [-0.1, -0.05) is 12.8 Å². The second kappa shape index (κ2) is 5.86. The summed E-state index contributed by atoms with van der Waals surface area (Å²) in [5, 5.41) is 14.4. The number of hydrogen-bond acceptors (Lipinski definition) is 3. The van der Waals surface area contributed by atoms with Crippen molar-refractivity contribution in [1.82, 2.24) is 10.6 Å². The lowest BCUT2D eigenvalue weighted by Gasteiger charge is -2.27. The molecule has 0 heterocycles. The maximum Gasteiger partial charge on any atom is 0.312 e. The normalized spacial score (nSPS) is 19.6. The summed E-state index contributed by atoms with van der Waals surface area (Å²) in [5.74, 6) is -0.275. The van der Waals surface area contributed by atoms with Crippen LogP contribution in [0.3, 0.4) is 0 Å². The van der Waals surface area contributed by atoms with E-state index in [9.17, 15) is 14.7 Å². The monoisotopic (exact) mass is 243 g/mol. The summed E-state index contributed by atoms with van der Waals surface area (Å²) in [6.07, 6.45) is 4.04. The van der Waals surface area contributed by atoms with Crippen LogP contribution in [-0.2, 0) is 4.79 Å². The highest BCUT2D eigenvalue weighted by atomic mass is 16.3. The zero-order valence-electron chi connectivity index (χ0n) is 10.2. The zero-order valence-corrected chi connectivity index (χ0v) is 10.2. The quantitative estimate of drug-likeness (QED) is 0.533. The molecule has 0 saturated heterocycles. The van der Waals surface area contributed by atoms with E-state index >= 15 is 0 Å². The number of amides is 3. The van der Waals surface area contributed by atoms with Gasteiger partial charge >= 0.3 is 6.03 Å². The molecule has 1 aliphatic rings. The van der Waals surface area contributed by atoms with Gasteiger partial charge in [0.2, 0.25) is 5.91 Å². The number of primary amides is 1. The van der Waals surface area contributed by atoms with Gasteiger partial charge in [-0.2, -0.15) is 0 Å². The topological polar surface area (TPSA) is 104 Å². The van der Waals surface area contributed by atoms with Crippen LogP contribution < -0.4 is 16.4 Å². The van der Waals surface area contributed by atoms with Crippen molar-refractivity contribution in [2.24, 2.45) is 11.1 Å². The molecule has 1 fully saturated rings. The lowest BCUT2D eigenvalue weighted by atomic mass is 9.87. The number of aliphatic hydroxyl groups excluding tert-OH is 1. The van der Waals surface area contributed by atoms with Crippen LogP contribution in [0.4, 0.5) is 4.79 Å². The van der Waals surface area contributed by atoms with Crippen LogP contribution in [0.1, 0.15) is 32.6 Å². The maximum atomic E-state index is 11.6. The minimum Gasteiger partial charge on any atom is -0.396 e. The van der Waals surface area contributed by atoms with E-state index in [-0.39, 0.29) is 17.9 Å². The first-order valence-electron chi connectivity index (χ1n) is 5.94. The molecule has 0 aliphatic heterocycles. The Morgan fingerprint density at radius 3 is 2.47 bits per heavy atom. The number of aliphatic hydroxyl groups is 1. The van der Waals surface area contributed by atoms with Crippen molar-refractivity contribution < 1.29 is 14.7 Å². The van der Waals surface area contributed by atoms with Crippen LogP contribution in [0.5, 0.6) is 0 Å². The minimum atomic E-state index is -0.717. The van der Waals surface area contributed by atoms with Crippen molar-refractivity contribution in [1.29, 1.82) is 0 Å². The van der Waals surface area contributed by atoms with Gasteiger partial charge < -0.3 is 21.5 Å². The molecule has 0 aromatic carbocycles. The molecule has 6 heteroatoms. The summed E-state index contributed by atoms with van der Waals surface area (Å²) in [5.41, 5.74) is 4.75. The Morgan fingerprint density at radius 2 is 2.00 bits per heavy atom. The molecule has 17 heavy (non-hydrogen) atoms. The molecular formula is C11H21N3O3. The third-order valence-corrected chi connectivity index (χ3v) is 3.39. The number of carbonyl (C=O) groups is 2. The van der Waals surface area contributed by atoms with Crippen LogP contribution in [0.15, 0.2) is 0 Å². The minimum absolute atomic E-state index is 0.0882. The molecule has 0 radical (unpaired) electrons. The smallest absolute Gasteiger partial charge is 0.312 e. The van der Waals surface area contributed by atoms with E-state index in [0.717, 1.165) is 25.7 Å². The van der Waals surface area contributed by atoms with E-state index in [4.69, 9.17) is 5.73 Å². The van der Waals surface area contributed by atoms with Crippen molar-refractivity contribution in [3.63, 3.8) is 0 Å². The Bertz CT molecular complexity index is 288. The van der Waals surface area contributed by atoms with E-state index in [1.165, 1.54) is 0 Å². The number of hydrogen-bond donors (Lipinski definition) is 4. The molecule has 0 aromatic heterocycles. The van der Waals surface area contributed by atoms with Crippen molar-refractivity contribution in [3.8, 4) is 0 Å². The summed E-state index contributed by atoms with van der Waals surface area (Å²) in [7, 11) is 0. The third-order valence-electron chi connectivity index (χ3n) is 3.39. The van der Waals surface area contributed by atoms with Gasteiger partial charge in [-0.05, 0) is 19.8 Å². The molecule has 1 aliphatic carbocycles. The predicted octanol–water partition coefficient (Wildman–Crippen LogP) is -0.288. The first-order valence-corrected chi connectivity index (χ1v) is 5.94. The summed E-state index contributed by atoms with van der Waals surface area (Å²) in [4.78, 5) is 22.2. The highest BCUT2D eigenvalue weighted by Gasteiger charge is 2.33. The third kappa shape index (κ3) is 3.89. The number of rotatable bonds is 5. The van der Waals surface area contributed by atoms with E-state index in [2.05, 4.69) is 10.6 Å². The van der Waals surface area contributed by atoms with E-state index in [1.54, 1.807) is 6.92 Å². The highest BCUT2D eigenvalue weighted by molar-refractivity contribution is 5.86. The van der Waals surface area contributed by atoms with Gasteiger partial charge in [0.25, 0.3) is 0 Å². The van der Waals surface area contributed by atoms with Crippen LogP contribution >= 0.6 is 0 Å². The Labute approximate surface area is 101 Å². The molecule has 5 N–H and O–H groups in total. The Balaban J connectivity index is 2.38. The second-order valence-electron chi connectivity index (χ2n) is 4.81. The molecule has 0 spiro atoms. The Morgan fingerprint density at radius 1 is 1.41 bits per heavy atom. The number of urea groups is 1. The molecule has 6 nitrogen and oxygen atoms in total. The van der Waals surface area contributed by atoms with Gasteiger partial charge in [0.05, 0.1) is 6.61 Å². The van der Waals surface area contributed by atoms with Gasteiger partial charge in [0.15, 0.2) is 0 Å². The van der Waals surface area contributed by atoms with Crippen LogP contribution in [0.2, 0.25) is 0 Å². The second-order valence-corrected chi connectivity index (χ2v) is 4.81. The average molecular weight is 243 g/mol. The Kier molecular flexibility index (Phi) is 4.74. The lowest BCUT2D eigenvalue weighted by Crippen LogP contribution is -2.49. The number of carbonyl (C=O) groups excluding carboxylic acids is 2. The molecule has 1 saturated carbocycles. The molecule has 1 unspecified atom stereocenters. The molecule has 3 amide bonds. The summed E-state index contributed by atoms with van der Waals surface area (Å²) in [6, 6.07) is -1.37. The Hall–Kier alpha value is -1.30. The average Bonchev–Trinajstić information content (AvgIpc) is 2.74. The molecule has 0 aromatic rings. The summed E-state index contributed by atoms with van der Waals surface area (Å²) >= 11 is 0. The fraction of sp³-hybridized carbons (Fsp3) is 0.818. The van der Waals surface area contributed by atoms with Gasteiger partial charge in [0.1, 0.15) is 6.04 Å². The first kappa shape index (κ1) is 13.8. The van der Waals surface area contributed by atoms with Crippen molar-refractivity contribution in [2.75, 3.05) is 13.2 Å². The van der Waals surface area contributed by atoms with Crippen LogP contribution in [-0.4, -0.2) is 36.2 Å². The maximum absolute atomic E-state index is 11.6. The predicted molar refractivity (Wildman–Crippen MR) is 63.2 cm³/mol. The van der Waals surface area contributed by atoms with Crippen molar-refractivity contribution >= 4 is 11.9 Å². The fourth-order valence-electron chi connectivity index (χ4n) is 2.22. The first-order chi connectivity index (χ1) is 7.99. The fourth-order valence-corrected chi connectivity index (χ4v) is 2.22. The molecular weight excluding hydrogens is 222 g/mol. The molecule has 0 bridgehead atoms. The standard InChI is InChI=1S/C11H21N3O3/c1-8(14-10(12)17)9(16)13-6-11(7-15)4-2-3-5-11/h8,15H,2-7H2,1H3,(H,13,16)(H3,12,14,17). The van der Waals surface area contributed by atoms with Crippen molar-refractivity contribution in [2.45, 2.75) is 38.6 Å². The molecule has 1 atom stereocenters. The van der Waals surface area contributed by atoms with Gasteiger partial charge in [-0.25, -0.2) is 4.79 Å². The number of nitrogens with one attached hydrogen (secondary N) is 2. The van der Waals surface area contributed by atoms with Crippen molar-refractivity contribution in [3.05, 3.63) is 0 Å². The SMILES string of the molecule is CC(NC(N)=O)C(=O)NCC1(CO)CCCC1. The van der Waals surface area contributed by atoms with Gasteiger partial charge in [-0.3, -0.25) is 4.79 Å². The molecule has 1 rings (SSSR count). The lowest BCUT2D eigenvalue weighted by molar-refractivity contribution is -0.123. The van der Waals surface area contributed by atoms with E-state index < -0.39 is 12.1 Å². The van der Waals surface area contributed by atoms with E-state index in [1.807, 2.05) is 0 Å². The van der Waals surface area contributed by atoms with Gasteiger partial charge in [0, 0.05) is 12.0 Å². The van der Waals surface area contributed by atoms with Crippen LogP contribution in [0, 0.1) is 5.41 Å². The zero-order chi connectivity index (χ0) is 12.9. The largest absolute Gasteiger partial charge is 0.396 e. The van der Waals surface area contributed by atoms with E-state index in [0.29, 0.717) is 6.54 Å². The van der Waals surface area contributed by atoms with Crippen LogP contribution in [0.25, 0.3) is 0 Å².